The zero-order valence-electron chi connectivity index (χ0n) is 11.2. The van der Waals surface area contributed by atoms with Gasteiger partial charge in [-0.3, -0.25) is 4.98 Å². The summed E-state index contributed by atoms with van der Waals surface area (Å²) in [5.74, 6) is -0.350. The number of ether oxygens (including phenoxy) is 1. The van der Waals surface area contributed by atoms with Crippen molar-refractivity contribution in [2.75, 3.05) is 6.61 Å². The fraction of sp³-hybridized carbons (Fsp3) is 0.0714. The molecule has 0 aliphatic rings. The standard InChI is InChI=1S/C14H11Cl2N3O3/c15-10-1-2-12(11(16)7-10)21-8-13(20)22-19-14(17)9-3-5-18-6-4-9/h1-7H,8H2,(H2,17,19). The van der Waals surface area contributed by atoms with Crippen molar-refractivity contribution in [1.82, 2.24) is 4.98 Å². The van der Waals surface area contributed by atoms with E-state index < -0.39 is 5.97 Å². The van der Waals surface area contributed by atoms with E-state index in [0.717, 1.165) is 0 Å². The second-order valence-corrected chi connectivity index (χ2v) is 4.88. The molecular weight excluding hydrogens is 329 g/mol. The Labute approximate surface area is 136 Å². The summed E-state index contributed by atoms with van der Waals surface area (Å²) in [5, 5.41) is 4.29. The van der Waals surface area contributed by atoms with E-state index in [0.29, 0.717) is 21.4 Å². The van der Waals surface area contributed by atoms with Crippen molar-refractivity contribution in [2.45, 2.75) is 0 Å². The van der Waals surface area contributed by atoms with Crippen molar-refractivity contribution in [3.05, 3.63) is 58.3 Å². The van der Waals surface area contributed by atoms with Crippen LogP contribution in [0.2, 0.25) is 10.0 Å². The van der Waals surface area contributed by atoms with Gasteiger partial charge in [0.05, 0.1) is 5.02 Å². The summed E-state index contributed by atoms with van der Waals surface area (Å²) in [5.41, 5.74) is 6.25. The maximum atomic E-state index is 11.5. The summed E-state index contributed by atoms with van der Waals surface area (Å²) in [4.78, 5) is 20.0. The van der Waals surface area contributed by atoms with Gasteiger partial charge in [-0.2, -0.15) is 0 Å². The van der Waals surface area contributed by atoms with Gasteiger partial charge in [0.2, 0.25) is 0 Å². The Bertz CT molecular complexity index is 693. The molecule has 0 bridgehead atoms. The lowest BCUT2D eigenvalue weighted by Crippen LogP contribution is -2.18. The molecule has 0 saturated heterocycles. The number of hydrogen-bond acceptors (Lipinski definition) is 5. The smallest absolute Gasteiger partial charge is 0.372 e. The molecule has 0 spiro atoms. The van der Waals surface area contributed by atoms with Crippen molar-refractivity contribution in [1.29, 1.82) is 0 Å². The molecule has 0 saturated carbocycles. The Hall–Kier alpha value is -2.31. The Kier molecular flexibility index (Phi) is 5.57. The number of nitrogens with zero attached hydrogens (tertiary/aromatic N) is 2. The number of carbonyl (C=O) groups is 1. The molecule has 0 unspecified atom stereocenters. The van der Waals surface area contributed by atoms with Crippen LogP contribution in [0.25, 0.3) is 0 Å². The van der Waals surface area contributed by atoms with Crippen LogP contribution in [-0.2, 0) is 9.63 Å². The summed E-state index contributed by atoms with van der Waals surface area (Å²) in [7, 11) is 0. The van der Waals surface area contributed by atoms with Gasteiger partial charge >= 0.3 is 5.97 Å². The van der Waals surface area contributed by atoms with E-state index in [2.05, 4.69) is 15.0 Å². The van der Waals surface area contributed by atoms with E-state index >= 15 is 0 Å². The quantitative estimate of drug-likeness (QED) is 0.391. The number of carbonyl (C=O) groups excluding carboxylic acids is 1. The molecule has 8 heteroatoms. The molecule has 1 heterocycles. The summed E-state index contributed by atoms with van der Waals surface area (Å²) < 4.78 is 5.21. The second kappa shape index (κ2) is 7.63. The van der Waals surface area contributed by atoms with Crippen LogP contribution in [0.1, 0.15) is 5.56 Å². The Morgan fingerprint density at radius 1 is 1.23 bits per heavy atom. The van der Waals surface area contributed by atoms with Gasteiger partial charge in [0.25, 0.3) is 0 Å². The van der Waals surface area contributed by atoms with E-state index in [-0.39, 0.29) is 12.4 Å². The molecule has 114 valence electrons. The lowest BCUT2D eigenvalue weighted by atomic mass is 10.2. The van der Waals surface area contributed by atoms with E-state index in [4.69, 9.17) is 33.7 Å². The predicted molar refractivity (Wildman–Crippen MR) is 83.0 cm³/mol. The molecule has 0 amide bonds. The monoisotopic (exact) mass is 339 g/mol. The molecule has 22 heavy (non-hydrogen) atoms. The third-order valence-corrected chi connectivity index (χ3v) is 2.99. The van der Waals surface area contributed by atoms with Gasteiger partial charge in [-0.05, 0) is 30.3 Å². The molecule has 1 aromatic heterocycles. The molecule has 6 nitrogen and oxygen atoms in total. The third kappa shape index (κ3) is 4.61. The van der Waals surface area contributed by atoms with Crippen molar-refractivity contribution in [3.8, 4) is 5.75 Å². The highest BCUT2D eigenvalue weighted by molar-refractivity contribution is 6.35. The number of hydrogen-bond donors (Lipinski definition) is 1. The summed E-state index contributed by atoms with van der Waals surface area (Å²) in [6, 6.07) is 7.91. The number of pyridine rings is 1. The topological polar surface area (TPSA) is 86.8 Å². The third-order valence-electron chi connectivity index (χ3n) is 2.46. The van der Waals surface area contributed by atoms with Crippen LogP contribution in [0.3, 0.4) is 0 Å². The maximum Gasteiger partial charge on any atom is 0.372 e. The van der Waals surface area contributed by atoms with E-state index in [1.54, 1.807) is 36.7 Å². The molecule has 2 N–H and O–H groups in total. The largest absolute Gasteiger partial charge is 0.480 e. The fourth-order valence-electron chi connectivity index (χ4n) is 1.43. The van der Waals surface area contributed by atoms with Crippen LogP contribution in [0.5, 0.6) is 5.75 Å². The summed E-state index contributed by atoms with van der Waals surface area (Å²) >= 11 is 11.7. The van der Waals surface area contributed by atoms with Crippen LogP contribution in [-0.4, -0.2) is 23.4 Å². The summed E-state index contributed by atoms with van der Waals surface area (Å²) in [6.45, 7) is -0.367. The molecule has 2 rings (SSSR count). The lowest BCUT2D eigenvalue weighted by molar-refractivity contribution is -0.146. The minimum absolute atomic E-state index is 0.0558. The van der Waals surface area contributed by atoms with Gasteiger partial charge in [-0.15, -0.1) is 0 Å². The zero-order valence-corrected chi connectivity index (χ0v) is 12.7. The maximum absolute atomic E-state index is 11.5. The van der Waals surface area contributed by atoms with Crippen molar-refractivity contribution < 1.29 is 14.4 Å². The highest BCUT2D eigenvalue weighted by atomic mass is 35.5. The first kappa shape index (κ1) is 16.1. The second-order valence-electron chi connectivity index (χ2n) is 4.04. The normalized spacial score (nSPS) is 11.1. The molecule has 0 radical (unpaired) electrons. The van der Waals surface area contributed by atoms with Gasteiger partial charge in [-0.25, -0.2) is 4.79 Å². The predicted octanol–water partition coefficient (Wildman–Crippen LogP) is 2.63. The minimum Gasteiger partial charge on any atom is -0.480 e. The number of aromatic nitrogens is 1. The number of rotatable bonds is 5. The minimum atomic E-state index is -0.719. The van der Waals surface area contributed by atoms with E-state index in [1.807, 2.05) is 0 Å². The molecule has 1 aromatic carbocycles. The molecular formula is C14H11Cl2N3O3. The van der Waals surface area contributed by atoms with Crippen molar-refractivity contribution in [3.63, 3.8) is 0 Å². The number of halogens is 2. The lowest BCUT2D eigenvalue weighted by Gasteiger charge is -2.06. The average molecular weight is 340 g/mol. The van der Waals surface area contributed by atoms with Crippen LogP contribution in [0.15, 0.2) is 47.9 Å². The van der Waals surface area contributed by atoms with Crippen LogP contribution in [0, 0.1) is 0 Å². The number of amidine groups is 1. The Morgan fingerprint density at radius 3 is 2.64 bits per heavy atom. The Balaban J connectivity index is 1.88. The fourth-order valence-corrected chi connectivity index (χ4v) is 1.89. The van der Waals surface area contributed by atoms with E-state index in [9.17, 15) is 4.79 Å². The molecule has 0 aliphatic heterocycles. The van der Waals surface area contributed by atoms with E-state index in [1.165, 1.54) is 6.07 Å². The van der Waals surface area contributed by atoms with Crippen molar-refractivity contribution in [2.24, 2.45) is 10.9 Å². The average Bonchev–Trinajstić information content (AvgIpc) is 2.52. The van der Waals surface area contributed by atoms with Crippen molar-refractivity contribution >= 4 is 35.0 Å². The van der Waals surface area contributed by atoms with Gasteiger partial charge in [-0.1, -0.05) is 28.4 Å². The zero-order chi connectivity index (χ0) is 15.9. The number of nitrogens with two attached hydrogens (primary N) is 1. The Morgan fingerprint density at radius 2 is 1.95 bits per heavy atom. The molecule has 2 aromatic rings. The molecule has 0 aliphatic carbocycles. The number of benzene rings is 1. The first-order chi connectivity index (χ1) is 10.6. The molecule has 0 atom stereocenters. The van der Waals surface area contributed by atoms with Crippen LogP contribution in [0.4, 0.5) is 0 Å². The van der Waals surface area contributed by atoms with Crippen LogP contribution >= 0.6 is 23.2 Å². The SMILES string of the molecule is N/C(=N\OC(=O)COc1ccc(Cl)cc1Cl)c1ccncc1. The van der Waals surface area contributed by atoms with Gasteiger partial charge in [0.15, 0.2) is 12.4 Å². The van der Waals surface area contributed by atoms with Gasteiger partial charge < -0.3 is 15.3 Å². The first-order valence-electron chi connectivity index (χ1n) is 6.08. The summed E-state index contributed by atoms with van der Waals surface area (Å²) in [6.07, 6.45) is 3.09. The van der Waals surface area contributed by atoms with Gasteiger partial charge in [0, 0.05) is 23.0 Å². The van der Waals surface area contributed by atoms with Crippen LogP contribution < -0.4 is 10.5 Å². The van der Waals surface area contributed by atoms with Gasteiger partial charge in [0.1, 0.15) is 5.75 Å². The first-order valence-corrected chi connectivity index (χ1v) is 6.83. The highest BCUT2D eigenvalue weighted by Crippen LogP contribution is 2.27. The highest BCUT2D eigenvalue weighted by Gasteiger charge is 2.08. The number of oxime groups is 1. The molecule has 0 fully saturated rings.